The smallest absolute Gasteiger partial charge is 0.434 e. The molecular weight excluding hydrogens is 460 g/mol. The van der Waals surface area contributed by atoms with Crippen molar-refractivity contribution in [3.05, 3.63) is 83.1 Å². The third-order valence-electron chi connectivity index (χ3n) is 7.00. The summed E-state index contributed by atoms with van der Waals surface area (Å²) in [5, 5.41) is 0. The molecule has 0 saturated heterocycles. The number of allylic oxidation sites excluding steroid dienone is 2. The van der Waals surface area contributed by atoms with E-state index in [1.807, 2.05) is 30.5 Å². The number of ether oxygens (including phenoxy) is 2. The Hall–Kier alpha value is -3.21. The molecule has 0 saturated carbocycles. The number of nitrogens with zero attached hydrogens (tertiary/aromatic N) is 2. The Bertz CT molecular complexity index is 1070. The Kier molecular flexibility index (Phi) is 11.1. The normalized spacial score (nSPS) is 20.7. The Morgan fingerprint density at radius 2 is 1.84 bits per heavy atom. The maximum absolute atomic E-state index is 12.2. The second-order valence-electron chi connectivity index (χ2n) is 9.83. The van der Waals surface area contributed by atoms with Crippen LogP contribution in [0.5, 0.6) is 5.88 Å². The van der Waals surface area contributed by atoms with E-state index in [-0.39, 0.29) is 5.88 Å². The van der Waals surface area contributed by atoms with Crippen LogP contribution in [0.15, 0.2) is 77.0 Å². The van der Waals surface area contributed by atoms with Crippen molar-refractivity contribution in [3.63, 3.8) is 0 Å². The first kappa shape index (κ1) is 28.4. The van der Waals surface area contributed by atoms with Crippen LogP contribution in [0.4, 0.5) is 4.79 Å². The number of aliphatic imine (C=N–C) groups is 1. The fourth-order valence-corrected chi connectivity index (χ4v) is 5.12. The van der Waals surface area contributed by atoms with Crippen molar-refractivity contribution in [1.29, 1.82) is 0 Å². The summed E-state index contributed by atoms with van der Waals surface area (Å²) in [6.45, 7) is 9.04. The minimum atomic E-state index is -0.706. The summed E-state index contributed by atoms with van der Waals surface area (Å²) >= 11 is 0. The number of hydrogen-bond acceptors (Lipinski definition) is 5. The van der Waals surface area contributed by atoms with Crippen molar-refractivity contribution in [3.8, 4) is 5.88 Å². The molecule has 37 heavy (non-hydrogen) atoms. The highest BCUT2D eigenvalue weighted by atomic mass is 16.7. The lowest BCUT2D eigenvalue weighted by molar-refractivity contribution is 0.0957. The molecule has 5 heteroatoms. The van der Waals surface area contributed by atoms with Crippen LogP contribution < -0.4 is 4.74 Å². The fourth-order valence-electron chi connectivity index (χ4n) is 5.12. The van der Waals surface area contributed by atoms with E-state index in [1.165, 1.54) is 36.8 Å². The van der Waals surface area contributed by atoms with Gasteiger partial charge in [0.05, 0.1) is 6.61 Å². The van der Waals surface area contributed by atoms with Gasteiger partial charge >= 0.3 is 6.16 Å². The first-order valence-corrected chi connectivity index (χ1v) is 13.8. The predicted octanol–water partition coefficient (Wildman–Crippen LogP) is 8.59. The number of benzene rings is 1. The Morgan fingerprint density at radius 3 is 2.51 bits per heavy atom. The molecule has 0 amide bonds. The van der Waals surface area contributed by atoms with Crippen LogP contribution in [0, 0.1) is 5.92 Å². The number of pyridine rings is 1. The SMILES string of the molecule is C/C=C1\C(CC)C=C(C)CC1(N=Cc1ccccc1)c1ccc(OC(=O)OCCCCCCCC)nc1. The van der Waals surface area contributed by atoms with E-state index in [1.54, 1.807) is 12.3 Å². The molecule has 2 atom stereocenters. The largest absolute Gasteiger partial charge is 0.515 e. The third-order valence-corrected chi connectivity index (χ3v) is 7.00. The van der Waals surface area contributed by atoms with E-state index in [0.29, 0.717) is 12.5 Å². The van der Waals surface area contributed by atoms with Gasteiger partial charge in [0.1, 0.15) is 5.54 Å². The maximum Gasteiger partial charge on any atom is 0.515 e. The van der Waals surface area contributed by atoms with E-state index in [4.69, 9.17) is 14.5 Å². The number of carbonyl (C=O) groups is 1. The van der Waals surface area contributed by atoms with Gasteiger partial charge in [-0.15, -0.1) is 0 Å². The zero-order valence-electron chi connectivity index (χ0n) is 22.9. The van der Waals surface area contributed by atoms with E-state index in [0.717, 1.165) is 36.8 Å². The van der Waals surface area contributed by atoms with Crippen molar-refractivity contribution in [2.24, 2.45) is 10.9 Å². The molecule has 1 aliphatic carbocycles. The van der Waals surface area contributed by atoms with Gasteiger partial charge in [-0.1, -0.05) is 94.0 Å². The van der Waals surface area contributed by atoms with Crippen LogP contribution in [0.1, 0.15) is 90.2 Å². The van der Waals surface area contributed by atoms with E-state index >= 15 is 0 Å². The van der Waals surface area contributed by atoms with Gasteiger partial charge < -0.3 is 9.47 Å². The molecule has 3 rings (SSSR count). The molecule has 2 aromatic rings. The molecule has 0 bridgehead atoms. The molecule has 1 heterocycles. The van der Waals surface area contributed by atoms with Crippen molar-refractivity contribution in [1.82, 2.24) is 4.98 Å². The van der Waals surface area contributed by atoms with Crippen LogP contribution in [-0.2, 0) is 10.3 Å². The summed E-state index contributed by atoms with van der Waals surface area (Å²) in [6.07, 6.45) is 16.2. The summed E-state index contributed by atoms with van der Waals surface area (Å²) in [5.74, 6) is 0.538. The zero-order chi connectivity index (χ0) is 26.5. The summed E-state index contributed by atoms with van der Waals surface area (Å²) in [5.41, 5.74) is 4.04. The molecule has 198 valence electrons. The molecule has 1 aromatic heterocycles. The first-order valence-electron chi connectivity index (χ1n) is 13.8. The van der Waals surface area contributed by atoms with Gasteiger partial charge in [-0.2, -0.15) is 0 Å². The minimum Gasteiger partial charge on any atom is -0.434 e. The van der Waals surface area contributed by atoms with E-state index in [2.05, 4.69) is 57.0 Å². The van der Waals surface area contributed by atoms with Crippen LogP contribution in [0.2, 0.25) is 0 Å². The number of carbonyl (C=O) groups excluding carboxylic acids is 1. The lowest BCUT2D eigenvalue weighted by Crippen LogP contribution is -2.34. The maximum atomic E-state index is 12.2. The lowest BCUT2D eigenvalue weighted by atomic mass is 9.68. The Morgan fingerprint density at radius 1 is 1.08 bits per heavy atom. The highest BCUT2D eigenvalue weighted by Gasteiger charge is 2.41. The van der Waals surface area contributed by atoms with Crippen LogP contribution in [0.3, 0.4) is 0 Å². The minimum absolute atomic E-state index is 0.232. The number of rotatable bonds is 12. The Balaban J connectivity index is 1.75. The summed E-state index contributed by atoms with van der Waals surface area (Å²) in [4.78, 5) is 21.8. The molecule has 5 nitrogen and oxygen atoms in total. The molecule has 0 N–H and O–H groups in total. The monoisotopic (exact) mass is 502 g/mol. The average molecular weight is 503 g/mol. The standard InChI is InChI=1S/C32H42N2O3/c1-5-8-9-10-11-15-20-36-31(35)37-30-19-18-28(24-33-30)32(34-23-26-16-13-12-14-17-26)22-25(4)21-27(6-2)29(32)7-3/h7,12-14,16-19,21,23-24,27H,5-6,8-11,15,20,22H2,1-4H3/b29-7+,34-23?. The second kappa shape index (κ2) is 14.5. The van der Waals surface area contributed by atoms with Gasteiger partial charge in [0, 0.05) is 36.4 Å². The van der Waals surface area contributed by atoms with Crippen LogP contribution in [0.25, 0.3) is 0 Å². The number of unbranched alkanes of at least 4 members (excludes halogenated alkanes) is 5. The molecule has 0 spiro atoms. The number of aromatic nitrogens is 1. The molecule has 0 radical (unpaired) electrons. The van der Waals surface area contributed by atoms with Gasteiger partial charge in [-0.3, -0.25) is 4.99 Å². The molecule has 0 fully saturated rings. The highest BCUT2D eigenvalue weighted by Crippen LogP contribution is 2.47. The van der Waals surface area contributed by atoms with E-state index < -0.39 is 11.7 Å². The molecular formula is C32H42N2O3. The van der Waals surface area contributed by atoms with Crippen molar-refractivity contribution in [2.75, 3.05) is 6.61 Å². The topological polar surface area (TPSA) is 60.8 Å². The second-order valence-corrected chi connectivity index (χ2v) is 9.83. The molecule has 1 aliphatic rings. The van der Waals surface area contributed by atoms with Crippen LogP contribution >= 0.6 is 0 Å². The van der Waals surface area contributed by atoms with E-state index in [9.17, 15) is 4.79 Å². The van der Waals surface area contributed by atoms with Crippen LogP contribution in [-0.4, -0.2) is 24.0 Å². The van der Waals surface area contributed by atoms with Gasteiger partial charge in [0.2, 0.25) is 5.88 Å². The van der Waals surface area contributed by atoms with Gasteiger partial charge in [0.25, 0.3) is 0 Å². The molecule has 1 aromatic carbocycles. The number of hydrogen-bond donors (Lipinski definition) is 0. The third kappa shape index (κ3) is 7.88. The quantitative estimate of drug-likeness (QED) is 0.126. The fraction of sp³-hybridized carbons (Fsp3) is 0.469. The summed E-state index contributed by atoms with van der Waals surface area (Å²) in [7, 11) is 0. The van der Waals surface area contributed by atoms with Crippen molar-refractivity contribution >= 4 is 12.4 Å². The molecule has 0 aliphatic heterocycles. The van der Waals surface area contributed by atoms with Gasteiger partial charge in [0.15, 0.2) is 0 Å². The average Bonchev–Trinajstić information content (AvgIpc) is 2.92. The van der Waals surface area contributed by atoms with Crippen molar-refractivity contribution in [2.45, 2.75) is 84.6 Å². The first-order chi connectivity index (χ1) is 18.0. The Labute approximate surface area is 222 Å². The predicted molar refractivity (Wildman–Crippen MR) is 151 cm³/mol. The highest BCUT2D eigenvalue weighted by molar-refractivity contribution is 5.80. The summed E-state index contributed by atoms with van der Waals surface area (Å²) < 4.78 is 10.6. The lowest BCUT2D eigenvalue weighted by Gasteiger charge is -2.40. The van der Waals surface area contributed by atoms with Gasteiger partial charge in [-0.05, 0) is 43.9 Å². The zero-order valence-corrected chi connectivity index (χ0v) is 22.9. The summed E-state index contributed by atoms with van der Waals surface area (Å²) in [6, 6.07) is 13.9. The molecule has 2 unspecified atom stereocenters. The van der Waals surface area contributed by atoms with Crippen molar-refractivity contribution < 1.29 is 14.3 Å². The van der Waals surface area contributed by atoms with Gasteiger partial charge in [-0.25, -0.2) is 9.78 Å².